The normalized spacial score (nSPS) is 19.5. The van der Waals surface area contributed by atoms with Gasteiger partial charge in [0.05, 0.1) is 6.61 Å². The van der Waals surface area contributed by atoms with E-state index in [-0.39, 0.29) is 31.5 Å². The molecule has 1 unspecified atom stereocenters. The van der Waals surface area contributed by atoms with Gasteiger partial charge in [-0.05, 0) is 36.6 Å². The van der Waals surface area contributed by atoms with Crippen LogP contribution in [-0.4, -0.2) is 79.6 Å². The van der Waals surface area contributed by atoms with Gasteiger partial charge in [0.2, 0.25) is 6.79 Å². The monoisotopic (exact) mass is 529 g/mol. The highest BCUT2D eigenvalue weighted by Gasteiger charge is 2.28. The Morgan fingerprint density at radius 3 is 2.32 bits per heavy atom. The molecule has 0 aliphatic carbocycles. The van der Waals surface area contributed by atoms with E-state index in [4.69, 9.17) is 30.5 Å². The Morgan fingerprint density at radius 2 is 1.59 bits per heavy atom. The predicted molar refractivity (Wildman–Crippen MR) is 137 cm³/mol. The average molecular weight is 530 g/mol. The van der Waals surface area contributed by atoms with Crippen LogP contribution >= 0.6 is 11.6 Å². The number of likely N-dealkylation sites (tertiary alicyclic amines) is 1. The first-order valence-corrected chi connectivity index (χ1v) is 13.1. The third-order valence-corrected chi connectivity index (χ3v) is 7.33. The van der Waals surface area contributed by atoms with E-state index in [1.165, 1.54) is 0 Å². The molecule has 0 radical (unpaired) electrons. The van der Waals surface area contributed by atoms with Crippen LogP contribution in [0.25, 0.3) is 0 Å². The maximum absolute atomic E-state index is 12.7. The van der Waals surface area contributed by atoms with Crippen LogP contribution in [0.3, 0.4) is 0 Å². The van der Waals surface area contributed by atoms with Crippen molar-refractivity contribution in [2.75, 3.05) is 52.7 Å². The number of carbonyl (C=O) groups is 2. The maximum Gasteiger partial charge on any atom is 0.410 e. The molecule has 0 bridgehead atoms. The first-order chi connectivity index (χ1) is 18.0. The predicted octanol–water partition coefficient (Wildman–Crippen LogP) is 4.37. The quantitative estimate of drug-likeness (QED) is 0.549. The number of ether oxygens (including phenoxy) is 4. The average Bonchev–Trinajstić information content (AvgIpc) is 3.38. The Hall–Kier alpha value is -3.17. The van der Waals surface area contributed by atoms with Crippen LogP contribution in [0.5, 0.6) is 11.5 Å². The molecule has 2 amide bonds. The van der Waals surface area contributed by atoms with Crippen LogP contribution in [0.15, 0.2) is 42.5 Å². The highest BCUT2D eigenvalue weighted by atomic mass is 35.5. The van der Waals surface area contributed by atoms with E-state index in [1.54, 1.807) is 9.80 Å². The second kappa shape index (κ2) is 11.9. The molecule has 2 saturated heterocycles. The fourth-order valence-electron chi connectivity index (χ4n) is 4.91. The van der Waals surface area contributed by atoms with Gasteiger partial charge in [-0.25, -0.2) is 9.59 Å². The van der Waals surface area contributed by atoms with E-state index in [0.717, 1.165) is 42.8 Å². The van der Waals surface area contributed by atoms with E-state index >= 15 is 0 Å². The van der Waals surface area contributed by atoms with Crippen molar-refractivity contribution in [3.8, 4) is 11.5 Å². The van der Waals surface area contributed by atoms with Crippen molar-refractivity contribution in [2.24, 2.45) is 5.92 Å². The largest absolute Gasteiger partial charge is 0.454 e. The summed E-state index contributed by atoms with van der Waals surface area (Å²) < 4.78 is 21.9. The second-order valence-corrected chi connectivity index (χ2v) is 10.0. The first-order valence-electron chi connectivity index (χ1n) is 12.7. The lowest BCUT2D eigenvalue weighted by Crippen LogP contribution is -2.51. The summed E-state index contributed by atoms with van der Waals surface area (Å²) in [5.74, 6) is 1.67. The second-order valence-electron chi connectivity index (χ2n) is 9.63. The van der Waals surface area contributed by atoms with Gasteiger partial charge in [-0.1, -0.05) is 41.9 Å². The van der Waals surface area contributed by atoms with Gasteiger partial charge in [0.25, 0.3) is 0 Å². The first kappa shape index (κ1) is 25.5. The molecule has 1 atom stereocenters. The number of carbonyl (C=O) groups excluding carboxylic acids is 2. The van der Waals surface area contributed by atoms with Crippen molar-refractivity contribution in [3.05, 3.63) is 58.6 Å². The summed E-state index contributed by atoms with van der Waals surface area (Å²) in [6, 6.07) is 13.3. The SMILES string of the molecule is O=C(OCc1ccccc1)N1CCN(C(=O)OCC2CCCN(Cc3cc4c(cc3Cl)OCO4)C2)CC1. The highest BCUT2D eigenvalue weighted by Crippen LogP contribution is 2.37. The molecule has 0 saturated carbocycles. The van der Waals surface area contributed by atoms with Crippen molar-refractivity contribution >= 4 is 23.8 Å². The fraction of sp³-hybridized carbons (Fsp3) is 0.481. The van der Waals surface area contributed by atoms with Crippen molar-refractivity contribution in [1.29, 1.82) is 0 Å². The molecule has 2 aromatic carbocycles. The third kappa shape index (κ3) is 6.59. The Morgan fingerprint density at radius 1 is 0.919 bits per heavy atom. The topological polar surface area (TPSA) is 80.8 Å². The molecule has 198 valence electrons. The van der Waals surface area contributed by atoms with Crippen molar-refractivity contribution in [2.45, 2.75) is 26.0 Å². The number of rotatable bonds is 6. The zero-order valence-corrected chi connectivity index (χ0v) is 21.5. The highest BCUT2D eigenvalue weighted by molar-refractivity contribution is 6.31. The zero-order valence-electron chi connectivity index (χ0n) is 20.8. The van der Waals surface area contributed by atoms with Crippen LogP contribution in [0.2, 0.25) is 5.02 Å². The molecular weight excluding hydrogens is 498 g/mol. The molecule has 0 N–H and O–H groups in total. The lowest BCUT2D eigenvalue weighted by atomic mass is 9.98. The van der Waals surface area contributed by atoms with Crippen LogP contribution in [0.4, 0.5) is 9.59 Å². The molecule has 10 heteroatoms. The molecule has 5 rings (SSSR count). The van der Waals surface area contributed by atoms with Crippen LogP contribution in [-0.2, 0) is 22.6 Å². The number of piperidine rings is 1. The molecule has 2 aromatic rings. The van der Waals surface area contributed by atoms with E-state index < -0.39 is 0 Å². The fourth-order valence-corrected chi connectivity index (χ4v) is 5.13. The Kier molecular flexibility index (Phi) is 8.21. The molecule has 9 nitrogen and oxygen atoms in total. The van der Waals surface area contributed by atoms with E-state index in [1.807, 2.05) is 42.5 Å². The van der Waals surface area contributed by atoms with Gasteiger partial charge in [0.1, 0.15) is 6.61 Å². The van der Waals surface area contributed by atoms with Crippen LogP contribution < -0.4 is 9.47 Å². The number of amides is 2. The van der Waals surface area contributed by atoms with Gasteiger partial charge in [0.15, 0.2) is 11.5 Å². The minimum atomic E-state index is -0.360. The number of benzene rings is 2. The van der Waals surface area contributed by atoms with Gasteiger partial charge in [-0.3, -0.25) is 4.90 Å². The van der Waals surface area contributed by atoms with E-state index in [9.17, 15) is 9.59 Å². The Balaban J connectivity index is 1.03. The Bertz CT molecular complexity index is 1090. The minimum absolute atomic E-state index is 0.222. The van der Waals surface area contributed by atoms with E-state index in [2.05, 4.69) is 4.90 Å². The van der Waals surface area contributed by atoms with Crippen molar-refractivity contribution in [1.82, 2.24) is 14.7 Å². The van der Waals surface area contributed by atoms with E-state index in [0.29, 0.717) is 50.1 Å². The van der Waals surface area contributed by atoms with Gasteiger partial charge >= 0.3 is 12.2 Å². The van der Waals surface area contributed by atoms with Crippen molar-refractivity contribution in [3.63, 3.8) is 0 Å². The smallest absolute Gasteiger partial charge is 0.410 e. The lowest BCUT2D eigenvalue weighted by molar-refractivity contribution is 0.0432. The summed E-state index contributed by atoms with van der Waals surface area (Å²) in [7, 11) is 0. The summed E-state index contributed by atoms with van der Waals surface area (Å²) in [6.07, 6.45) is 1.36. The number of nitrogens with zero attached hydrogens (tertiary/aromatic N) is 3. The third-order valence-electron chi connectivity index (χ3n) is 6.98. The van der Waals surface area contributed by atoms with Gasteiger partial charge in [-0.2, -0.15) is 0 Å². The number of halogens is 1. The summed E-state index contributed by atoms with van der Waals surface area (Å²) in [5.41, 5.74) is 1.95. The summed E-state index contributed by atoms with van der Waals surface area (Å²) in [6.45, 7) is 5.06. The molecule has 0 spiro atoms. The number of piperazine rings is 1. The molecule has 2 fully saturated rings. The molecule has 0 aromatic heterocycles. The molecule has 37 heavy (non-hydrogen) atoms. The van der Waals surface area contributed by atoms with Crippen LogP contribution in [0, 0.1) is 5.92 Å². The molecule has 3 aliphatic rings. The number of fused-ring (bicyclic) bond motifs is 1. The standard InChI is InChI=1S/C27H32ClN3O6/c28-23-14-25-24(36-19-37-25)13-22(23)16-29-8-4-7-21(15-29)18-35-27(33)31-11-9-30(10-12-31)26(32)34-17-20-5-2-1-3-6-20/h1-3,5-6,13-14,21H,4,7-12,15-19H2. The molecular formula is C27H32ClN3O6. The van der Waals surface area contributed by atoms with Gasteiger partial charge < -0.3 is 28.7 Å². The summed E-state index contributed by atoms with van der Waals surface area (Å²) in [4.78, 5) is 30.7. The van der Waals surface area contributed by atoms with Crippen LogP contribution in [0.1, 0.15) is 24.0 Å². The summed E-state index contributed by atoms with van der Waals surface area (Å²) >= 11 is 6.46. The van der Waals surface area contributed by atoms with Gasteiger partial charge in [0, 0.05) is 56.3 Å². The van der Waals surface area contributed by atoms with Gasteiger partial charge in [-0.15, -0.1) is 0 Å². The molecule has 3 aliphatic heterocycles. The minimum Gasteiger partial charge on any atom is -0.454 e. The van der Waals surface area contributed by atoms with Crippen molar-refractivity contribution < 1.29 is 28.5 Å². The lowest BCUT2D eigenvalue weighted by Gasteiger charge is -2.35. The number of hydrogen-bond acceptors (Lipinski definition) is 7. The maximum atomic E-state index is 12.7. The zero-order chi connectivity index (χ0) is 25.6. The summed E-state index contributed by atoms with van der Waals surface area (Å²) in [5, 5.41) is 0.667. The Labute approximate surface area is 221 Å². The number of hydrogen-bond donors (Lipinski definition) is 0. The molecule has 3 heterocycles.